The predicted molar refractivity (Wildman–Crippen MR) is 122 cm³/mol. The normalized spacial score (nSPS) is 22.3. The molecule has 3 aromatic carbocycles. The van der Waals surface area contributed by atoms with Crippen LogP contribution in [0.1, 0.15) is 25.3 Å². The van der Waals surface area contributed by atoms with Gasteiger partial charge in [0.1, 0.15) is 11.5 Å². The molecule has 0 fully saturated rings. The number of hydrogen-bond donors (Lipinski definition) is 0. The van der Waals surface area contributed by atoms with E-state index in [4.69, 9.17) is 9.47 Å². The number of para-hydroxylation sites is 2. The molecule has 3 nitrogen and oxygen atoms in total. The van der Waals surface area contributed by atoms with E-state index in [0.29, 0.717) is 5.92 Å². The summed E-state index contributed by atoms with van der Waals surface area (Å²) in [6, 6.07) is 26.7. The van der Waals surface area contributed by atoms with E-state index in [1.165, 1.54) is 11.3 Å². The van der Waals surface area contributed by atoms with E-state index in [-0.39, 0.29) is 11.8 Å². The Kier molecular flexibility index (Phi) is 4.59. The number of anilines is 2. The molecule has 150 valence electrons. The minimum Gasteiger partial charge on any atom is -0.455 e. The Morgan fingerprint density at radius 3 is 2.23 bits per heavy atom. The zero-order valence-corrected chi connectivity index (χ0v) is 17.2. The summed E-state index contributed by atoms with van der Waals surface area (Å²) in [7, 11) is 0. The van der Waals surface area contributed by atoms with Gasteiger partial charge in [-0.25, -0.2) is 0 Å². The van der Waals surface area contributed by atoms with Crippen LogP contribution in [0.4, 0.5) is 11.4 Å². The summed E-state index contributed by atoms with van der Waals surface area (Å²) in [6.45, 7) is 4.21. The molecule has 3 heteroatoms. The maximum absolute atomic E-state index is 5.97. The van der Waals surface area contributed by atoms with Crippen molar-refractivity contribution >= 4 is 11.4 Å². The van der Waals surface area contributed by atoms with Crippen molar-refractivity contribution in [3.05, 3.63) is 109 Å². The fourth-order valence-corrected chi connectivity index (χ4v) is 4.57. The third-order valence-corrected chi connectivity index (χ3v) is 5.91. The minimum atomic E-state index is -0.376. The second kappa shape index (κ2) is 7.42. The Morgan fingerprint density at radius 2 is 1.47 bits per heavy atom. The van der Waals surface area contributed by atoms with Gasteiger partial charge in [0, 0.05) is 24.2 Å². The van der Waals surface area contributed by atoms with Gasteiger partial charge < -0.3 is 14.4 Å². The highest BCUT2D eigenvalue weighted by Crippen LogP contribution is 2.53. The van der Waals surface area contributed by atoms with Gasteiger partial charge in [0.25, 0.3) is 0 Å². The van der Waals surface area contributed by atoms with Gasteiger partial charge in [-0.15, -0.1) is 0 Å². The highest BCUT2D eigenvalue weighted by molar-refractivity contribution is 5.77. The molecule has 30 heavy (non-hydrogen) atoms. The second-order valence-corrected chi connectivity index (χ2v) is 7.95. The van der Waals surface area contributed by atoms with Gasteiger partial charge in [-0.3, -0.25) is 0 Å². The van der Waals surface area contributed by atoms with Gasteiger partial charge >= 0.3 is 0 Å². The van der Waals surface area contributed by atoms with E-state index in [9.17, 15) is 0 Å². The molecule has 0 amide bonds. The molecule has 3 atom stereocenters. The van der Waals surface area contributed by atoms with Crippen molar-refractivity contribution in [2.75, 3.05) is 4.90 Å². The number of ether oxygens (including phenoxy) is 2. The highest BCUT2D eigenvalue weighted by atomic mass is 16.7. The lowest BCUT2D eigenvalue weighted by molar-refractivity contribution is 0.0223. The molecule has 1 aliphatic carbocycles. The average Bonchev–Trinajstić information content (AvgIpc) is 3.03. The smallest absolute Gasteiger partial charge is 0.238 e. The summed E-state index contributed by atoms with van der Waals surface area (Å²) >= 11 is 0. The van der Waals surface area contributed by atoms with E-state index in [1.54, 1.807) is 0 Å². The van der Waals surface area contributed by atoms with Gasteiger partial charge in [-0.2, -0.15) is 0 Å². The van der Waals surface area contributed by atoms with E-state index >= 15 is 0 Å². The predicted octanol–water partition coefficient (Wildman–Crippen LogP) is 6.61. The first kappa shape index (κ1) is 18.6. The van der Waals surface area contributed by atoms with Crippen molar-refractivity contribution in [1.29, 1.82) is 0 Å². The SMILES string of the molecule is CC(Oc1ccccc1)Oc1ccc(N2c3ccccc3C3C=CC=CC32C)cc1. The van der Waals surface area contributed by atoms with Crippen LogP contribution < -0.4 is 14.4 Å². The van der Waals surface area contributed by atoms with Crippen LogP contribution in [-0.2, 0) is 0 Å². The van der Waals surface area contributed by atoms with Crippen molar-refractivity contribution in [3.63, 3.8) is 0 Å². The fourth-order valence-electron chi connectivity index (χ4n) is 4.57. The molecular formula is C27H25NO2. The molecule has 0 saturated carbocycles. The van der Waals surface area contributed by atoms with Gasteiger partial charge in [0.15, 0.2) is 0 Å². The Labute approximate surface area is 177 Å². The highest BCUT2D eigenvalue weighted by Gasteiger charge is 2.46. The molecule has 0 radical (unpaired) electrons. The molecule has 0 spiro atoms. The fraction of sp³-hybridized carbons (Fsp3) is 0.185. The molecule has 3 unspecified atom stereocenters. The zero-order chi connectivity index (χ0) is 20.6. The molecular weight excluding hydrogens is 370 g/mol. The van der Waals surface area contributed by atoms with Crippen molar-refractivity contribution in [3.8, 4) is 11.5 Å². The van der Waals surface area contributed by atoms with Gasteiger partial charge in [-0.1, -0.05) is 60.7 Å². The lowest BCUT2D eigenvalue weighted by Gasteiger charge is -2.39. The number of fused-ring (bicyclic) bond motifs is 3. The van der Waals surface area contributed by atoms with Gasteiger partial charge in [-0.05, 0) is 55.0 Å². The van der Waals surface area contributed by atoms with Gasteiger partial charge in [0.05, 0.1) is 5.54 Å². The Morgan fingerprint density at radius 1 is 0.800 bits per heavy atom. The number of rotatable bonds is 5. The summed E-state index contributed by atoms with van der Waals surface area (Å²) in [6.07, 6.45) is 8.53. The van der Waals surface area contributed by atoms with Crippen LogP contribution >= 0.6 is 0 Å². The van der Waals surface area contributed by atoms with E-state index < -0.39 is 0 Å². The average molecular weight is 396 g/mol. The minimum absolute atomic E-state index is 0.121. The number of allylic oxidation sites excluding steroid dienone is 2. The molecule has 0 aromatic heterocycles. The van der Waals surface area contributed by atoms with Crippen molar-refractivity contribution < 1.29 is 9.47 Å². The number of hydrogen-bond acceptors (Lipinski definition) is 3. The van der Waals surface area contributed by atoms with Gasteiger partial charge in [0.2, 0.25) is 6.29 Å². The van der Waals surface area contributed by atoms with Crippen LogP contribution in [0.2, 0.25) is 0 Å². The van der Waals surface area contributed by atoms with Crippen molar-refractivity contribution in [2.24, 2.45) is 0 Å². The van der Waals surface area contributed by atoms with E-state index in [1.807, 2.05) is 49.4 Å². The first-order valence-corrected chi connectivity index (χ1v) is 10.4. The van der Waals surface area contributed by atoms with Crippen LogP contribution in [0.3, 0.4) is 0 Å². The first-order valence-electron chi connectivity index (χ1n) is 10.4. The second-order valence-electron chi connectivity index (χ2n) is 7.95. The third-order valence-electron chi connectivity index (χ3n) is 5.91. The summed E-state index contributed by atoms with van der Waals surface area (Å²) in [5.41, 5.74) is 3.66. The molecule has 3 aromatic rings. The maximum atomic E-state index is 5.97. The molecule has 1 heterocycles. The monoisotopic (exact) mass is 395 g/mol. The largest absolute Gasteiger partial charge is 0.455 e. The first-order chi connectivity index (χ1) is 14.6. The van der Waals surface area contributed by atoms with E-state index in [2.05, 4.69) is 72.5 Å². The van der Waals surface area contributed by atoms with E-state index in [0.717, 1.165) is 17.2 Å². The maximum Gasteiger partial charge on any atom is 0.238 e. The summed E-state index contributed by atoms with van der Waals surface area (Å²) < 4.78 is 11.8. The van der Waals surface area contributed by atoms with Crippen LogP contribution in [-0.4, -0.2) is 11.8 Å². The molecule has 0 N–H and O–H groups in total. The Balaban J connectivity index is 1.39. The number of nitrogens with zero attached hydrogens (tertiary/aromatic N) is 1. The Bertz CT molecular complexity index is 1090. The lowest BCUT2D eigenvalue weighted by atomic mass is 9.80. The summed E-state index contributed by atoms with van der Waals surface area (Å²) in [5.74, 6) is 1.93. The zero-order valence-electron chi connectivity index (χ0n) is 17.2. The standard InChI is InChI=1S/C27H25NO2/c1-20(29-22-10-4-3-5-11-22)30-23-17-15-21(16-18-23)28-26-14-7-6-12-24(26)25-13-8-9-19-27(25,28)2/h3-20,25H,1-2H3. The van der Waals surface area contributed by atoms with Crippen LogP contribution in [0, 0.1) is 0 Å². The van der Waals surface area contributed by atoms with Crippen molar-refractivity contribution in [1.82, 2.24) is 0 Å². The van der Waals surface area contributed by atoms with Crippen molar-refractivity contribution in [2.45, 2.75) is 31.6 Å². The van der Waals surface area contributed by atoms with Crippen LogP contribution in [0.15, 0.2) is 103 Å². The molecule has 5 rings (SSSR count). The quantitative estimate of drug-likeness (QED) is 0.454. The summed E-state index contributed by atoms with van der Waals surface area (Å²) in [4.78, 5) is 2.43. The van der Waals surface area contributed by atoms with Crippen LogP contribution in [0.25, 0.3) is 0 Å². The third kappa shape index (κ3) is 3.17. The molecule has 0 saturated heterocycles. The lowest BCUT2D eigenvalue weighted by Crippen LogP contribution is -2.41. The number of benzene rings is 3. The van der Waals surface area contributed by atoms with Crippen LogP contribution in [0.5, 0.6) is 11.5 Å². The molecule has 1 aliphatic heterocycles. The Hall–Kier alpha value is -3.46. The molecule has 0 bridgehead atoms. The molecule has 2 aliphatic rings. The topological polar surface area (TPSA) is 21.7 Å². The summed E-state index contributed by atoms with van der Waals surface area (Å²) in [5, 5.41) is 0.